The first-order chi connectivity index (χ1) is 14.5. The van der Waals surface area contributed by atoms with Gasteiger partial charge in [0.2, 0.25) is 5.88 Å². The maximum Gasteiger partial charge on any atom is 0.413 e. The number of aromatic nitrogens is 6. The van der Waals surface area contributed by atoms with Crippen LogP contribution in [0.4, 0.5) is 4.79 Å². The van der Waals surface area contributed by atoms with Crippen LogP contribution in [0.2, 0.25) is 0 Å². The number of aryl methyl sites for hydroxylation is 2. The van der Waals surface area contributed by atoms with Crippen LogP contribution in [0.3, 0.4) is 0 Å². The predicted octanol–water partition coefficient (Wildman–Crippen LogP) is 0.788. The zero-order chi connectivity index (χ0) is 21.1. The van der Waals surface area contributed by atoms with Gasteiger partial charge in [-0.15, -0.1) is 0 Å². The molecule has 1 saturated heterocycles. The Labute approximate surface area is 172 Å². The first-order valence-electron chi connectivity index (χ1n) is 9.60. The summed E-state index contributed by atoms with van der Waals surface area (Å²) in [5.41, 5.74) is 1.10. The lowest BCUT2D eigenvalue weighted by atomic mass is 10.2. The smallest absolute Gasteiger partial charge is 0.391 e. The Kier molecular flexibility index (Phi) is 5.42. The van der Waals surface area contributed by atoms with E-state index < -0.39 is 6.09 Å². The fraction of sp³-hybridized carbons (Fsp3) is 0.368. The largest absolute Gasteiger partial charge is 0.413 e. The van der Waals surface area contributed by atoms with E-state index in [2.05, 4.69) is 25.5 Å². The van der Waals surface area contributed by atoms with Crippen LogP contribution in [-0.2, 0) is 20.5 Å². The summed E-state index contributed by atoms with van der Waals surface area (Å²) >= 11 is 0. The summed E-state index contributed by atoms with van der Waals surface area (Å²) in [7, 11) is 3.42. The van der Waals surface area contributed by atoms with Gasteiger partial charge in [-0.25, -0.2) is 14.5 Å². The molecule has 0 unspecified atom stereocenters. The molecular formula is C19H22N8O3. The van der Waals surface area contributed by atoms with E-state index in [1.807, 2.05) is 12.1 Å². The normalized spacial score (nSPS) is 13.1. The highest BCUT2D eigenvalue weighted by Crippen LogP contribution is 2.21. The van der Waals surface area contributed by atoms with E-state index in [1.54, 1.807) is 36.1 Å². The molecule has 11 heteroatoms. The van der Waals surface area contributed by atoms with Crippen molar-refractivity contribution in [3.63, 3.8) is 0 Å². The Morgan fingerprint density at radius 1 is 1.20 bits per heavy atom. The molecule has 1 aliphatic rings. The standard InChI is InChI=1S/C19H22N8O3/c1-25-15(23-16(24-25)13-5-3-7-20-11-13)6-8-21-19(29)30-18-14(12-22-26(18)2)17(28)27-9-4-10-27/h3,5,7,11-12H,4,6,8-10H2,1-2H3,(H,21,29). The van der Waals surface area contributed by atoms with Gasteiger partial charge in [-0.3, -0.25) is 14.5 Å². The lowest BCUT2D eigenvalue weighted by Gasteiger charge is -2.30. The van der Waals surface area contributed by atoms with Crippen LogP contribution in [0.1, 0.15) is 22.6 Å². The third-order valence-electron chi connectivity index (χ3n) is 4.84. The monoisotopic (exact) mass is 410 g/mol. The van der Waals surface area contributed by atoms with Gasteiger partial charge in [0.15, 0.2) is 5.82 Å². The molecular weight excluding hydrogens is 388 g/mol. The second-order valence-corrected chi connectivity index (χ2v) is 6.92. The third-order valence-corrected chi connectivity index (χ3v) is 4.84. The second-order valence-electron chi connectivity index (χ2n) is 6.92. The number of ether oxygens (including phenoxy) is 1. The molecule has 11 nitrogen and oxygen atoms in total. The molecule has 3 aromatic heterocycles. The first kappa shape index (κ1) is 19.6. The maximum absolute atomic E-state index is 12.4. The molecule has 0 saturated carbocycles. The van der Waals surface area contributed by atoms with E-state index in [4.69, 9.17) is 4.74 Å². The Morgan fingerprint density at radius 3 is 2.73 bits per heavy atom. The van der Waals surface area contributed by atoms with E-state index in [0.717, 1.165) is 12.0 Å². The number of amides is 2. The molecule has 1 N–H and O–H groups in total. The van der Waals surface area contributed by atoms with Crippen molar-refractivity contribution in [1.82, 2.24) is 39.7 Å². The minimum absolute atomic E-state index is 0.127. The lowest BCUT2D eigenvalue weighted by molar-refractivity contribution is 0.0648. The number of hydrogen-bond donors (Lipinski definition) is 1. The van der Waals surface area contributed by atoms with E-state index in [1.165, 1.54) is 10.9 Å². The topological polar surface area (TPSA) is 120 Å². The predicted molar refractivity (Wildman–Crippen MR) is 106 cm³/mol. The second kappa shape index (κ2) is 8.31. The van der Waals surface area contributed by atoms with Gasteiger partial charge in [0.25, 0.3) is 5.91 Å². The molecule has 156 valence electrons. The van der Waals surface area contributed by atoms with Crippen molar-refractivity contribution in [3.8, 4) is 17.3 Å². The van der Waals surface area contributed by atoms with Crippen LogP contribution >= 0.6 is 0 Å². The molecule has 30 heavy (non-hydrogen) atoms. The summed E-state index contributed by atoms with van der Waals surface area (Å²) < 4.78 is 8.39. The molecule has 3 aromatic rings. The summed E-state index contributed by atoms with van der Waals surface area (Å²) in [4.78, 5) is 34.9. The van der Waals surface area contributed by atoms with Crippen molar-refractivity contribution < 1.29 is 14.3 Å². The van der Waals surface area contributed by atoms with Crippen molar-refractivity contribution in [2.24, 2.45) is 14.1 Å². The van der Waals surface area contributed by atoms with Gasteiger partial charge in [0.05, 0.1) is 6.20 Å². The Hall–Kier alpha value is -3.76. The lowest BCUT2D eigenvalue weighted by Crippen LogP contribution is -2.42. The molecule has 2 amide bonds. The maximum atomic E-state index is 12.4. The van der Waals surface area contributed by atoms with Crippen LogP contribution in [0.25, 0.3) is 11.4 Å². The summed E-state index contributed by atoms with van der Waals surface area (Å²) in [6.45, 7) is 1.71. The first-order valence-corrected chi connectivity index (χ1v) is 9.60. The number of carbonyl (C=O) groups excluding carboxylic acids is 2. The highest BCUT2D eigenvalue weighted by molar-refractivity contribution is 5.97. The molecule has 0 bridgehead atoms. The van der Waals surface area contributed by atoms with Gasteiger partial charge in [0.1, 0.15) is 11.4 Å². The van der Waals surface area contributed by atoms with Gasteiger partial charge >= 0.3 is 6.09 Å². The zero-order valence-electron chi connectivity index (χ0n) is 16.8. The van der Waals surface area contributed by atoms with Crippen molar-refractivity contribution in [3.05, 3.63) is 42.1 Å². The minimum Gasteiger partial charge on any atom is -0.391 e. The highest BCUT2D eigenvalue weighted by Gasteiger charge is 2.27. The van der Waals surface area contributed by atoms with E-state index in [9.17, 15) is 9.59 Å². The number of nitrogens with zero attached hydrogens (tertiary/aromatic N) is 7. The van der Waals surface area contributed by atoms with E-state index in [0.29, 0.717) is 37.7 Å². The Balaban J connectivity index is 1.34. The molecule has 0 aromatic carbocycles. The van der Waals surface area contributed by atoms with Crippen molar-refractivity contribution in [2.45, 2.75) is 12.8 Å². The van der Waals surface area contributed by atoms with Crippen molar-refractivity contribution in [2.75, 3.05) is 19.6 Å². The number of likely N-dealkylation sites (tertiary alicyclic amines) is 1. The summed E-state index contributed by atoms with van der Waals surface area (Å²) in [6, 6.07) is 3.71. The molecule has 4 rings (SSSR count). The van der Waals surface area contributed by atoms with Crippen LogP contribution in [-0.4, -0.2) is 66.1 Å². The van der Waals surface area contributed by atoms with Gasteiger partial charge in [-0.2, -0.15) is 10.2 Å². The van der Waals surface area contributed by atoms with Gasteiger partial charge < -0.3 is 15.0 Å². The average Bonchev–Trinajstić information content (AvgIpc) is 3.24. The van der Waals surface area contributed by atoms with Crippen molar-refractivity contribution >= 4 is 12.0 Å². The number of pyridine rings is 1. The summed E-state index contributed by atoms with van der Waals surface area (Å²) in [5, 5.41) is 11.1. The van der Waals surface area contributed by atoms with Crippen molar-refractivity contribution in [1.29, 1.82) is 0 Å². The van der Waals surface area contributed by atoms with Gasteiger partial charge in [0, 0.05) is 58.1 Å². The molecule has 1 aliphatic heterocycles. The molecule has 0 aliphatic carbocycles. The van der Waals surface area contributed by atoms with Crippen LogP contribution in [0, 0.1) is 0 Å². The fourth-order valence-electron chi connectivity index (χ4n) is 3.04. The summed E-state index contributed by atoms with van der Waals surface area (Å²) in [6.07, 6.45) is 5.58. The fourth-order valence-corrected chi connectivity index (χ4v) is 3.04. The third kappa shape index (κ3) is 4.00. The number of hydrogen-bond acceptors (Lipinski definition) is 7. The summed E-state index contributed by atoms with van der Waals surface area (Å²) in [5.74, 6) is 1.23. The molecule has 0 atom stereocenters. The van der Waals surface area contributed by atoms with E-state index in [-0.39, 0.29) is 17.4 Å². The minimum atomic E-state index is -0.661. The Bertz CT molecular complexity index is 1060. The Morgan fingerprint density at radius 2 is 2.03 bits per heavy atom. The molecule has 1 fully saturated rings. The SMILES string of the molecule is Cn1nc(-c2cccnc2)nc1CCNC(=O)Oc1c(C(=O)N2CCC2)cnn1C. The number of nitrogens with one attached hydrogen (secondary N) is 1. The molecule has 4 heterocycles. The number of carbonyl (C=O) groups is 2. The van der Waals surface area contributed by atoms with Crippen LogP contribution < -0.4 is 10.1 Å². The highest BCUT2D eigenvalue weighted by atomic mass is 16.6. The quantitative estimate of drug-likeness (QED) is 0.638. The van der Waals surface area contributed by atoms with Crippen LogP contribution in [0.15, 0.2) is 30.7 Å². The van der Waals surface area contributed by atoms with Crippen LogP contribution in [0.5, 0.6) is 5.88 Å². The zero-order valence-corrected chi connectivity index (χ0v) is 16.8. The number of rotatable bonds is 6. The van der Waals surface area contributed by atoms with Gasteiger partial charge in [-0.1, -0.05) is 0 Å². The van der Waals surface area contributed by atoms with E-state index >= 15 is 0 Å². The molecule has 0 radical (unpaired) electrons. The van der Waals surface area contributed by atoms with Gasteiger partial charge in [-0.05, 0) is 18.6 Å². The molecule has 0 spiro atoms. The average molecular weight is 410 g/mol.